The summed E-state index contributed by atoms with van der Waals surface area (Å²) < 4.78 is 5.62. The molecule has 3 heteroatoms. The Kier molecular flexibility index (Phi) is 5.49. The number of ether oxygens (including phenoxy) is 1. The van der Waals surface area contributed by atoms with Crippen molar-refractivity contribution >= 4 is 17.4 Å². The summed E-state index contributed by atoms with van der Waals surface area (Å²) in [6, 6.07) is 3.71. The van der Waals surface area contributed by atoms with E-state index in [1.807, 2.05) is 26.0 Å². The Labute approximate surface area is 108 Å². The molecule has 0 radical (unpaired) electrons. The number of alkyl halides is 1. The van der Waals surface area contributed by atoms with Crippen molar-refractivity contribution in [1.82, 2.24) is 0 Å². The molecule has 0 saturated carbocycles. The molecule has 2 nitrogen and oxygen atoms in total. The van der Waals surface area contributed by atoms with Gasteiger partial charge in [0.05, 0.1) is 6.61 Å². The molecule has 1 rings (SSSR count). The molecule has 17 heavy (non-hydrogen) atoms. The first-order valence-corrected chi connectivity index (χ1v) is 6.47. The predicted molar refractivity (Wildman–Crippen MR) is 71.4 cm³/mol. The highest BCUT2D eigenvalue weighted by atomic mass is 35.5. The zero-order chi connectivity index (χ0) is 12.8. The van der Waals surface area contributed by atoms with Crippen LogP contribution in [-0.2, 0) is 0 Å². The van der Waals surface area contributed by atoms with Gasteiger partial charge >= 0.3 is 0 Å². The van der Waals surface area contributed by atoms with Crippen molar-refractivity contribution in [3.05, 3.63) is 28.8 Å². The lowest BCUT2D eigenvalue weighted by atomic mass is 9.98. The first-order valence-electron chi connectivity index (χ1n) is 5.94. The van der Waals surface area contributed by atoms with Gasteiger partial charge in [-0.2, -0.15) is 0 Å². The van der Waals surface area contributed by atoms with Crippen molar-refractivity contribution in [2.45, 2.75) is 33.6 Å². The minimum Gasteiger partial charge on any atom is -0.493 e. The van der Waals surface area contributed by atoms with Crippen LogP contribution < -0.4 is 4.74 Å². The van der Waals surface area contributed by atoms with E-state index in [2.05, 4.69) is 6.92 Å². The van der Waals surface area contributed by atoms with E-state index >= 15 is 0 Å². The smallest absolute Gasteiger partial charge is 0.164 e. The maximum Gasteiger partial charge on any atom is 0.164 e. The standard InChI is InChI=1S/C14H19ClO2/c1-4-9-17-14-6-5-12(10(2)11(14)3)13(16)7-8-15/h5-6H,4,7-9H2,1-3H3. The Bertz CT molecular complexity index is 399. The number of rotatable bonds is 6. The van der Waals surface area contributed by atoms with Crippen LogP contribution in [0, 0.1) is 13.8 Å². The third kappa shape index (κ3) is 3.47. The first-order chi connectivity index (χ1) is 8.11. The van der Waals surface area contributed by atoms with Crippen LogP contribution in [0.3, 0.4) is 0 Å². The molecule has 0 unspecified atom stereocenters. The van der Waals surface area contributed by atoms with Crippen LogP contribution in [0.2, 0.25) is 0 Å². The van der Waals surface area contributed by atoms with Gasteiger partial charge in [-0.3, -0.25) is 4.79 Å². The quantitative estimate of drug-likeness (QED) is 0.568. The fraction of sp³-hybridized carbons (Fsp3) is 0.500. The molecular formula is C14H19ClO2. The van der Waals surface area contributed by atoms with Crippen LogP contribution in [0.5, 0.6) is 5.75 Å². The fourth-order valence-electron chi connectivity index (χ4n) is 1.69. The molecule has 0 amide bonds. The maximum absolute atomic E-state index is 11.8. The van der Waals surface area contributed by atoms with Crippen molar-refractivity contribution < 1.29 is 9.53 Å². The van der Waals surface area contributed by atoms with Crippen LogP contribution in [0.4, 0.5) is 0 Å². The summed E-state index contributed by atoms with van der Waals surface area (Å²) in [5, 5.41) is 0. The van der Waals surface area contributed by atoms with E-state index in [1.54, 1.807) is 0 Å². The van der Waals surface area contributed by atoms with Gasteiger partial charge in [0.2, 0.25) is 0 Å². The molecule has 0 aliphatic carbocycles. The lowest BCUT2D eigenvalue weighted by molar-refractivity contribution is 0.0988. The fourth-order valence-corrected chi connectivity index (χ4v) is 1.86. The summed E-state index contributed by atoms with van der Waals surface area (Å²) in [5.41, 5.74) is 2.79. The van der Waals surface area contributed by atoms with Gasteiger partial charge < -0.3 is 4.74 Å². The zero-order valence-electron chi connectivity index (χ0n) is 10.7. The van der Waals surface area contributed by atoms with Crippen molar-refractivity contribution in [2.24, 2.45) is 0 Å². The van der Waals surface area contributed by atoms with Crippen molar-refractivity contribution in [3.63, 3.8) is 0 Å². The van der Waals surface area contributed by atoms with Crippen molar-refractivity contribution in [3.8, 4) is 5.75 Å². The Hall–Kier alpha value is -1.02. The summed E-state index contributed by atoms with van der Waals surface area (Å²) in [4.78, 5) is 11.8. The average Bonchev–Trinajstić information content (AvgIpc) is 2.31. The number of hydrogen-bond acceptors (Lipinski definition) is 2. The van der Waals surface area contributed by atoms with E-state index in [9.17, 15) is 4.79 Å². The zero-order valence-corrected chi connectivity index (χ0v) is 11.4. The third-order valence-corrected chi connectivity index (χ3v) is 3.01. The second kappa shape index (κ2) is 6.65. The van der Waals surface area contributed by atoms with E-state index in [0.717, 1.165) is 28.9 Å². The minimum absolute atomic E-state index is 0.0997. The van der Waals surface area contributed by atoms with Gasteiger partial charge in [-0.1, -0.05) is 6.92 Å². The van der Waals surface area contributed by atoms with E-state index in [1.165, 1.54) is 0 Å². The number of carbonyl (C=O) groups is 1. The van der Waals surface area contributed by atoms with Gasteiger partial charge in [-0.25, -0.2) is 0 Å². The summed E-state index contributed by atoms with van der Waals surface area (Å²) in [6.45, 7) is 6.71. The first kappa shape index (κ1) is 14.0. The van der Waals surface area contributed by atoms with Crippen LogP contribution in [0.1, 0.15) is 41.3 Å². The molecule has 0 heterocycles. The normalized spacial score (nSPS) is 10.4. The highest BCUT2D eigenvalue weighted by molar-refractivity contribution is 6.19. The predicted octanol–water partition coefficient (Wildman–Crippen LogP) is 3.90. The van der Waals surface area contributed by atoms with Crippen molar-refractivity contribution in [1.29, 1.82) is 0 Å². The second-order valence-corrected chi connectivity index (χ2v) is 4.45. The SMILES string of the molecule is CCCOc1ccc(C(=O)CCCl)c(C)c1C. The topological polar surface area (TPSA) is 26.3 Å². The third-order valence-electron chi connectivity index (χ3n) is 2.82. The molecule has 0 spiro atoms. The van der Waals surface area contributed by atoms with Gasteiger partial charge in [0, 0.05) is 17.9 Å². The molecule has 0 N–H and O–H groups in total. The molecular weight excluding hydrogens is 236 g/mol. The molecule has 0 aliphatic rings. The molecule has 94 valence electrons. The molecule has 0 fully saturated rings. The summed E-state index contributed by atoms with van der Waals surface area (Å²) in [7, 11) is 0. The number of hydrogen-bond donors (Lipinski definition) is 0. The molecule has 0 saturated heterocycles. The summed E-state index contributed by atoms with van der Waals surface area (Å²) in [6.07, 6.45) is 1.36. The van der Waals surface area contributed by atoms with Gasteiger partial charge in [-0.05, 0) is 43.5 Å². The highest BCUT2D eigenvalue weighted by Crippen LogP contribution is 2.25. The van der Waals surface area contributed by atoms with Crippen LogP contribution in [0.15, 0.2) is 12.1 Å². The van der Waals surface area contributed by atoms with Crippen LogP contribution in [0.25, 0.3) is 0 Å². The van der Waals surface area contributed by atoms with Crippen LogP contribution >= 0.6 is 11.6 Å². The lowest BCUT2D eigenvalue weighted by Gasteiger charge is -2.13. The number of benzene rings is 1. The van der Waals surface area contributed by atoms with E-state index < -0.39 is 0 Å². The number of ketones is 1. The van der Waals surface area contributed by atoms with Crippen molar-refractivity contribution in [2.75, 3.05) is 12.5 Å². The summed E-state index contributed by atoms with van der Waals surface area (Å²) >= 11 is 5.59. The van der Waals surface area contributed by atoms with E-state index in [4.69, 9.17) is 16.3 Å². The Morgan fingerprint density at radius 3 is 2.59 bits per heavy atom. The lowest BCUT2D eigenvalue weighted by Crippen LogP contribution is -2.06. The molecule has 1 aromatic rings. The van der Waals surface area contributed by atoms with Gasteiger partial charge in [-0.15, -0.1) is 11.6 Å². The highest BCUT2D eigenvalue weighted by Gasteiger charge is 2.12. The largest absolute Gasteiger partial charge is 0.493 e. The molecule has 0 aliphatic heterocycles. The number of halogens is 1. The van der Waals surface area contributed by atoms with E-state index in [0.29, 0.717) is 18.9 Å². The summed E-state index contributed by atoms with van der Waals surface area (Å²) in [5.74, 6) is 1.33. The second-order valence-electron chi connectivity index (χ2n) is 4.07. The molecule has 0 atom stereocenters. The molecule has 0 bridgehead atoms. The van der Waals surface area contributed by atoms with E-state index in [-0.39, 0.29) is 5.78 Å². The molecule has 1 aromatic carbocycles. The molecule has 0 aromatic heterocycles. The maximum atomic E-state index is 11.8. The average molecular weight is 255 g/mol. The van der Waals surface area contributed by atoms with Gasteiger partial charge in [0.1, 0.15) is 5.75 Å². The Balaban J connectivity index is 2.97. The Morgan fingerprint density at radius 1 is 1.29 bits per heavy atom. The number of carbonyl (C=O) groups excluding carboxylic acids is 1. The van der Waals surface area contributed by atoms with Crippen LogP contribution in [-0.4, -0.2) is 18.3 Å². The monoisotopic (exact) mass is 254 g/mol. The number of Topliss-reactive ketones (excluding diaryl/α,β-unsaturated/α-hetero) is 1. The minimum atomic E-state index is 0.0997. The Morgan fingerprint density at radius 2 is 2.00 bits per heavy atom. The van der Waals surface area contributed by atoms with Gasteiger partial charge in [0.25, 0.3) is 0 Å². The van der Waals surface area contributed by atoms with Gasteiger partial charge in [0.15, 0.2) is 5.78 Å².